The molecule has 0 bridgehead atoms. The van der Waals surface area contributed by atoms with Crippen LogP contribution in [0.2, 0.25) is 5.02 Å². The molecule has 2 aromatic rings. The summed E-state index contributed by atoms with van der Waals surface area (Å²) in [7, 11) is 0. The minimum atomic E-state index is -0.281. The highest BCUT2D eigenvalue weighted by Crippen LogP contribution is 2.22. The first kappa shape index (κ1) is 16.7. The van der Waals surface area contributed by atoms with E-state index in [9.17, 15) is 4.79 Å². The highest BCUT2D eigenvalue weighted by Gasteiger charge is 2.09. The van der Waals surface area contributed by atoms with Crippen molar-refractivity contribution < 1.29 is 4.79 Å². The third kappa shape index (κ3) is 4.91. The van der Waals surface area contributed by atoms with Gasteiger partial charge in [0.15, 0.2) is 5.11 Å². The second-order valence-electron chi connectivity index (χ2n) is 4.04. The van der Waals surface area contributed by atoms with E-state index in [4.69, 9.17) is 23.8 Å². The van der Waals surface area contributed by atoms with Crippen LogP contribution in [-0.2, 0) is 0 Å². The molecular weight excluding hydrogens is 486 g/mol. The third-order valence-corrected chi connectivity index (χ3v) is 4.35. The van der Waals surface area contributed by atoms with Gasteiger partial charge in [0.2, 0.25) is 0 Å². The maximum Gasteiger partial charge on any atom is 0.257 e. The summed E-state index contributed by atoms with van der Waals surface area (Å²) in [4.78, 5) is 12.0. The largest absolute Gasteiger partial charge is 0.332 e. The summed E-state index contributed by atoms with van der Waals surface area (Å²) in [5, 5.41) is 6.45. The van der Waals surface area contributed by atoms with Crippen LogP contribution in [0, 0.1) is 3.57 Å². The van der Waals surface area contributed by atoms with Gasteiger partial charge in [-0.15, -0.1) is 0 Å². The van der Waals surface area contributed by atoms with E-state index in [0.29, 0.717) is 10.6 Å². The molecule has 0 atom stereocenters. The molecule has 0 radical (unpaired) electrons. The zero-order valence-corrected chi connectivity index (χ0v) is 15.8. The lowest BCUT2D eigenvalue weighted by molar-refractivity contribution is 0.0978. The van der Waals surface area contributed by atoms with Crippen molar-refractivity contribution in [3.05, 3.63) is 61.1 Å². The maximum atomic E-state index is 12.0. The van der Waals surface area contributed by atoms with E-state index < -0.39 is 0 Å². The molecule has 0 saturated carbocycles. The van der Waals surface area contributed by atoms with Crippen molar-refractivity contribution >= 4 is 79.0 Å². The third-order valence-electron chi connectivity index (χ3n) is 2.51. The van der Waals surface area contributed by atoms with Gasteiger partial charge in [-0.05, 0) is 77.3 Å². The quantitative estimate of drug-likeness (QED) is 0.463. The van der Waals surface area contributed by atoms with Crippen molar-refractivity contribution in [2.45, 2.75) is 0 Å². The van der Waals surface area contributed by atoms with Gasteiger partial charge in [0.05, 0.1) is 5.69 Å². The molecule has 0 spiro atoms. The Kier molecular flexibility index (Phi) is 5.98. The Morgan fingerprint density at radius 1 is 1.19 bits per heavy atom. The van der Waals surface area contributed by atoms with Crippen LogP contribution in [0.5, 0.6) is 0 Å². The molecule has 3 nitrogen and oxygen atoms in total. The van der Waals surface area contributed by atoms with Gasteiger partial charge >= 0.3 is 0 Å². The maximum absolute atomic E-state index is 12.0. The minimum Gasteiger partial charge on any atom is -0.332 e. The van der Waals surface area contributed by atoms with Gasteiger partial charge in [-0.3, -0.25) is 10.1 Å². The second kappa shape index (κ2) is 7.53. The monoisotopic (exact) mass is 494 g/mol. The van der Waals surface area contributed by atoms with Crippen LogP contribution in [0.3, 0.4) is 0 Å². The number of amides is 1. The fourth-order valence-electron chi connectivity index (χ4n) is 1.52. The Morgan fingerprint density at radius 3 is 2.48 bits per heavy atom. The van der Waals surface area contributed by atoms with Crippen LogP contribution in [0.1, 0.15) is 10.4 Å². The van der Waals surface area contributed by atoms with Crippen molar-refractivity contribution in [3.8, 4) is 0 Å². The summed E-state index contributed by atoms with van der Waals surface area (Å²) < 4.78 is 1.97. The molecule has 7 heteroatoms. The summed E-state index contributed by atoms with van der Waals surface area (Å²) >= 11 is 16.5. The average Bonchev–Trinajstić information content (AvgIpc) is 2.42. The summed E-state index contributed by atoms with van der Waals surface area (Å²) in [6.45, 7) is 0. The average molecular weight is 496 g/mol. The zero-order chi connectivity index (χ0) is 15.4. The summed E-state index contributed by atoms with van der Waals surface area (Å²) in [5.41, 5.74) is 1.33. The predicted molar refractivity (Wildman–Crippen MR) is 102 cm³/mol. The first-order valence-electron chi connectivity index (χ1n) is 5.78. The molecule has 0 aliphatic carbocycles. The summed E-state index contributed by atoms with van der Waals surface area (Å²) in [6.07, 6.45) is 0. The Balaban J connectivity index is 2.01. The first-order valence-corrected chi connectivity index (χ1v) is 8.44. The first-order chi connectivity index (χ1) is 9.95. The molecule has 0 heterocycles. The van der Waals surface area contributed by atoms with Crippen molar-refractivity contribution in [2.24, 2.45) is 0 Å². The molecule has 0 fully saturated rings. The number of hydrogen-bond acceptors (Lipinski definition) is 2. The highest BCUT2D eigenvalue weighted by atomic mass is 127. The van der Waals surface area contributed by atoms with Crippen LogP contribution >= 0.6 is 62.3 Å². The number of anilines is 1. The molecule has 0 aromatic heterocycles. The van der Waals surface area contributed by atoms with Gasteiger partial charge in [-0.2, -0.15) is 0 Å². The number of carbonyl (C=O) groups excluding carboxylic acids is 1. The van der Waals surface area contributed by atoms with E-state index in [2.05, 4.69) is 49.2 Å². The fourth-order valence-corrected chi connectivity index (χ4v) is 3.29. The number of halogens is 3. The highest BCUT2D eigenvalue weighted by molar-refractivity contribution is 14.1. The van der Waals surface area contributed by atoms with Gasteiger partial charge in [0.25, 0.3) is 5.91 Å². The molecule has 2 aromatic carbocycles. The van der Waals surface area contributed by atoms with Crippen molar-refractivity contribution in [3.63, 3.8) is 0 Å². The molecular formula is C14H9BrClIN2OS. The number of nitrogens with one attached hydrogen (secondary N) is 2. The van der Waals surface area contributed by atoms with Crippen molar-refractivity contribution in [1.29, 1.82) is 0 Å². The summed E-state index contributed by atoms with van der Waals surface area (Å²) in [6, 6.07) is 12.3. The van der Waals surface area contributed by atoms with Gasteiger partial charge in [-0.25, -0.2) is 0 Å². The number of thiocarbonyl (C=S) groups is 1. The SMILES string of the molecule is O=C(NC(=S)Nc1ccc(Br)cc1I)c1ccc(Cl)cc1. The summed E-state index contributed by atoms with van der Waals surface area (Å²) in [5.74, 6) is -0.281. The smallest absolute Gasteiger partial charge is 0.257 e. The number of rotatable bonds is 2. The van der Waals surface area contributed by atoms with Gasteiger partial charge < -0.3 is 5.32 Å². The van der Waals surface area contributed by atoms with E-state index in [-0.39, 0.29) is 11.0 Å². The lowest BCUT2D eigenvalue weighted by Gasteiger charge is -2.11. The molecule has 0 saturated heterocycles. The molecule has 0 unspecified atom stereocenters. The molecule has 1 amide bonds. The van der Waals surface area contributed by atoms with Crippen LogP contribution in [-0.4, -0.2) is 11.0 Å². The number of hydrogen-bond donors (Lipinski definition) is 2. The molecule has 2 N–H and O–H groups in total. The topological polar surface area (TPSA) is 41.1 Å². The van der Waals surface area contributed by atoms with Crippen LogP contribution < -0.4 is 10.6 Å². The predicted octanol–water partition coefficient (Wildman–Crippen LogP) is 4.83. The Labute approximate surface area is 154 Å². The lowest BCUT2D eigenvalue weighted by atomic mass is 10.2. The Morgan fingerprint density at radius 2 is 1.86 bits per heavy atom. The fraction of sp³-hybridized carbons (Fsp3) is 0. The number of benzene rings is 2. The lowest BCUT2D eigenvalue weighted by Crippen LogP contribution is -2.34. The van der Waals surface area contributed by atoms with Gasteiger partial charge in [0.1, 0.15) is 0 Å². The Hall–Kier alpha value is -0.700. The van der Waals surface area contributed by atoms with Crippen LogP contribution in [0.4, 0.5) is 5.69 Å². The molecule has 21 heavy (non-hydrogen) atoms. The van der Waals surface area contributed by atoms with E-state index in [1.807, 2.05) is 18.2 Å². The molecule has 108 valence electrons. The zero-order valence-electron chi connectivity index (χ0n) is 10.5. The molecule has 0 aliphatic rings. The standard InChI is InChI=1S/C14H9BrClIN2OS/c15-9-3-6-12(11(17)7-9)18-14(21)19-13(20)8-1-4-10(16)5-2-8/h1-7H,(H2,18,19,20,21). The second-order valence-corrected chi connectivity index (χ2v) is 6.96. The van der Waals surface area contributed by atoms with Crippen molar-refractivity contribution in [2.75, 3.05) is 5.32 Å². The molecule has 2 rings (SSSR count). The minimum absolute atomic E-state index is 0.246. The number of carbonyl (C=O) groups is 1. The Bertz CT molecular complexity index is 694. The van der Waals surface area contributed by atoms with Gasteiger partial charge in [-0.1, -0.05) is 27.5 Å². The van der Waals surface area contributed by atoms with Gasteiger partial charge in [0, 0.05) is 18.6 Å². The van der Waals surface area contributed by atoms with E-state index in [1.165, 1.54) is 0 Å². The van der Waals surface area contributed by atoms with E-state index in [1.54, 1.807) is 24.3 Å². The van der Waals surface area contributed by atoms with Crippen LogP contribution in [0.15, 0.2) is 46.9 Å². The normalized spacial score (nSPS) is 10.0. The van der Waals surface area contributed by atoms with Crippen molar-refractivity contribution in [1.82, 2.24) is 5.32 Å². The van der Waals surface area contributed by atoms with E-state index >= 15 is 0 Å². The molecule has 0 aliphatic heterocycles. The van der Waals surface area contributed by atoms with Crippen LogP contribution in [0.25, 0.3) is 0 Å². The van der Waals surface area contributed by atoms with E-state index in [0.717, 1.165) is 13.7 Å².